The highest BCUT2D eigenvalue weighted by Gasteiger charge is 2.20. The van der Waals surface area contributed by atoms with Crippen LogP contribution in [0.2, 0.25) is 0 Å². The van der Waals surface area contributed by atoms with Gasteiger partial charge < -0.3 is 15.0 Å². The van der Waals surface area contributed by atoms with Gasteiger partial charge in [0, 0.05) is 37.1 Å². The van der Waals surface area contributed by atoms with Gasteiger partial charge in [0.15, 0.2) is 0 Å². The monoisotopic (exact) mass is 329 g/mol. The summed E-state index contributed by atoms with van der Waals surface area (Å²) in [6.45, 7) is 9.64. The van der Waals surface area contributed by atoms with E-state index in [1.165, 1.54) is 6.07 Å². The van der Waals surface area contributed by atoms with E-state index in [1.54, 1.807) is 11.0 Å². The van der Waals surface area contributed by atoms with Crippen molar-refractivity contribution >= 4 is 22.4 Å². The maximum atomic E-state index is 11.9. The first-order chi connectivity index (χ1) is 10.2. The van der Waals surface area contributed by atoms with Gasteiger partial charge in [0.1, 0.15) is 5.60 Å². The molecule has 0 aliphatic rings. The van der Waals surface area contributed by atoms with E-state index in [9.17, 15) is 14.9 Å². The molecule has 8 heteroatoms. The fourth-order valence-electron chi connectivity index (χ4n) is 1.69. The molecule has 0 aliphatic carbocycles. The summed E-state index contributed by atoms with van der Waals surface area (Å²) in [5.74, 6) is 0. The molecule has 0 unspecified atom stereocenters. The molecule has 0 fully saturated rings. The lowest BCUT2D eigenvalue weighted by Gasteiger charge is -2.26. The topological polar surface area (TPSA) is 84.7 Å². The fraction of sp³-hybridized carbons (Fsp3) is 0.643. The van der Waals surface area contributed by atoms with E-state index in [1.807, 2.05) is 27.7 Å². The maximum absolute atomic E-state index is 11.9. The van der Waals surface area contributed by atoms with Crippen LogP contribution in [0.1, 0.15) is 32.6 Å². The number of hydrogen-bond acceptors (Lipinski definition) is 6. The van der Waals surface area contributed by atoms with Crippen LogP contribution in [0.4, 0.5) is 9.80 Å². The Kier molecular flexibility index (Phi) is 6.76. The third-order valence-electron chi connectivity index (χ3n) is 2.72. The maximum Gasteiger partial charge on any atom is 0.410 e. The van der Waals surface area contributed by atoms with E-state index in [2.05, 4.69) is 5.32 Å². The lowest BCUT2D eigenvalue weighted by Crippen LogP contribution is -2.40. The van der Waals surface area contributed by atoms with Gasteiger partial charge in [-0.3, -0.25) is 10.1 Å². The zero-order valence-corrected chi connectivity index (χ0v) is 14.2. The highest BCUT2D eigenvalue weighted by atomic mass is 32.1. The molecule has 124 valence electrons. The normalized spacial score (nSPS) is 11.3. The number of carbonyl (C=O) groups excluding carboxylic acids is 1. The second kappa shape index (κ2) is 8.09. The Balaban J connectivity index is 2.34. The number of rotatable bonds is 7. The summed E-state index contributed by atoms with van der Waals surface area (Å²) >= 11 is 1.15. The molecule has 0 aromatic carbocycles. The zero-order chi connectivity index (χ0) is 16.8. The first-order valence-corrected chi connectivity index (χ1v) is 7.96. The number of nitrogens with zero attached hydrogens (tertiary/aromatic N) is 2. The summed E-state index contributed by atoms with van der Waals surface area (Å²) in [4.78, 5) is 24.7. The molecule has 0 spiro atoms. The van der Waals surface area contributed by atoms with Gasteiger partial charge in [-0.2, -0.15) is 0 Å². The van der Waals surface area contributed by atoms with Gasteiger partial charge in [-0.25, -0.2) is 4.79 Å². The molecule has 1 aromatic heterocycles. The predicted octanol–water partition coefficient (Wildman–Crippen LogP) is 3.00. The van der Waals surface area contributed by atoms with Crippen molar-refractivity contribution in [3.8, 4) is 0 Å². The number of thiophene rings is 1. The van der Waals surface area contributed by atoms with Gasteiger partial charge in [0.25, 0.3) is 0 Å². The summed E-state index contributed by atoms with van der Waals surface area (Å²) in [5.41, 5.74) is -0.506. The third-order valence-corrected chi connectivity index (χ3v) is 3.76. The number of nitro groups is 1. The molecule has 0 aliphatic heterocycles. The molecular formula is C14H23N3O4S. The van der Waals surface area contributed by atoms with Crippen LogP contribution in [0.25, 0.3) is 0 Å². The van der Waals surface area contributed by atoms with Crippen LogP contribution >= 0.6 is 11.3 Å². The minimum absolute atomic E-state index is 0.140. The number of nitrogens with one attached hydrogen (secondary N) is 1. The zero-order valence-electron chi connectivity index (χ0n) is 13.4. The van der Waals surface area contributed by atoms with E-state index in [0.717, 1.165) is 16.2 Å². The average molecular weight is 329 g/mol. The molecule has 7 nitrogen and oxygen atoms in total. The van der Waals surface area contributed by atoms with E-state index in [-0.39, 0.29) is 11.1 Å². The molecular weight excluding hydrogens is 306 g/mol. The van der Waals surface area contributed by atoms with Crippen LogP contribution in [0.15, 0.2) is 12.1 Å². The first kappa shape index (κ1) is 18.4. The molecule has 1 aromatic rings. The summed E-state index contributed by atoms with van der Waals surface area (Å²) in [5, 5.41) is 13.9. The molecule has 0 radical (unpaired) electrons. The summed E-state index contributed by atoms with van der Waals surface area (Å²) < 4.78 is 5.32. The molecule has 0 saturated heterocycles. The molecule has 1 heterocycles. The Labute approximate surface area is 134 Å². The lowest BCUT2D eigenvalue weighted by molar-refractivity contribution is -0.380. The van der Waals surface area contributed by atoms with Crippen LogP contribution in [-0.4, -0.2) is 41.2 Å². The van der Waals surface area contributed by atoms with Crippen molar-refractivity contribution < 1.29 is 14.5 Å². The number of ether oxygens (including phenoxy) is 1. The average Bonchev–Trinajstić information content (AvgIpc) is 2.85. The first-order valence-electron chi connectivity index (χ1n) is 7.14. The van der Waals surface area contributed by atoms with Gasteiger partial charge in [-0.15, -0.1) is 0 Å². The quantitative estimate of drug-likeness (QED) is 0.472. The van der Waals surface area contributed by atoms with Gasteiger partial charge in [0.2, 0.25) is 0 Å². The number of carbonyl (C=O) groups is 1. The van der Waals surface area contributed by atoms with Crippen LogP contribution in [0.5, 0.6) is 0 Å². The number of likely N-dealkylation sites (N-methyl/N-ethyl adjacent to an activating group) is 1. The Morgan fingerprint density at radius 2 is 2.14 bits per heavy atom. The van der Waals surface area contributed by atoms with Crippen molar-refractivity contribution in [2.24, 2.45) is 0 Å². The lowest BCUT2D eigenvalue weighted by atomic mass is 10.2. The smallest absolute Gasteiger partial charge is 0.410 e. The van der Waals surface area contributed by atoms with E-state index >= 15 is 0 Å². The fourth-order valence-corrected chi connectivity index (χ4v) is 2.48. The second-order valence-corrected chi connectivity index (χ2v) is 6.88. The Morgan fingerprint density at radius 1 is 1.45 bits per heavy atom. The van der Waals surface area contributed by atoms with Gasteiger partial charge >= 0.3 is 11.1 Å². The Morgan fingerprint density at radius 3 is 2.64 bits per heavy atom. The van der Waals surface area contributed by atoms with Crippen molar-refractivity contribution in [3.63, 3.8) is 0 Å². The molecule has 0 bridgehead atoms. The molecule has 0 saturated carbocycles. The molecule has 1 N–H and O–H groups in total. The molecule has 1 amide bonds. The predicted molar refractivity (Wildman–Crippen MR) is 86.2 cm³/mol. The van der Waals surface area contributed by atoms with Crippen molar-refractivity contribution in [2.45, 2.75) is 39.8 Å². The van der Waals surface area contributed by atoms with Crippen LogP contribution in [0, 0.1) is 10.1 Å². The van der Waals surface area contributed by atoms with E-state index in [0.29, 0.717) is 26.2 Å². The van der Waals surface area contributed by atoms with E-state index < -0.39 is 10.5 Å². The molecule has 1 rings (SSSR count). The van der Waals surface area contributed by atoms with Gasteiger partial charge in [-0.05, 0) is 33.8 Å². The number of hydrogen-bond donors (Lipinski definition) is 1. The Hall–Kier alpha value is -1.67. The van der Waals surface area contributed by atoms with Crippen molar-refractivity contribution in [3.05, 3.63) is 27.1 Å². The van der Waals surface area contributed by atoms with Crippen molar-refractivity contribution in [1.29, 1.82) is 0 Å². The van der Waals surface area contributed by atoms with Crippen LogP contribution in [0.3, 0.4) is 0 Å². The highest BCUT2D eigenvalue weighted by Crippen LogP contribution is 2.23. The SMILES string of the molecule is CCN(CCNCc1ccc([N+](=O)[O-])s1)C(=O)OC(C)(C)C. The second-order valence-electron chi connectivity index (χ2n) is 5.73. The largest absolute Gasteiger partial charge is 0.444 e. The van der Waals surface area contributed by atoms with Gasteiger partial charge in [0.05, 0.1) is 4.92 Å². The van der Waals surface area contributed by atoms with Crippen LogP contribution < -0.4 is 5.32 Å². The van der Waals surface area contributed by atoms with E-state index in [4.69, 9.17) is 4.74 Å². The standard InChI is InChI=1S/C14H23N3O4S/c1-5-16(13(18)21-14(2,3)4)9-8-15-10-11-6-7-12(22-11)17(19)20/h6-7,15H,5,8-10H2,1-4H3. The minimum Gasteiger partial charge on any atom is -0.444 e. The third kappa shape index (κ3) is 6.40. The number of amides is 1. The van der Waals surface area contributed by atoms with Crippen molar-refractivity contribution in [2.75, 3.05) is 19.6 Å². The van der Waals surface area contributed by atoms with Crippen molar-refractivity contribution in [1.82, 2.24) is 10.2 Å². The molecule has 0 atom stereocenters. The molecule has 22 heavy (non-hydrogen) atoms. The highest BCUT2D eigenvalue weighted by molar-refractivity contribution is 7.15. The van der Waals surface area contributed by atoms with Crippen LogP contribution in [-0.2, 0) is 11.3 Å². The summed E-state index contributed by atoms with van der Waals surface area (Å²) in [6.07, 6.45) is -0.330. The van der Waals surface area contributed by atoms with Gasteiger partial charge in [-0.1, -0.05) is 11.3 Å². The Bertz CT molecular complexity index is 510. The summed E-state index contributed by atoms with van der Waals surface area (Å²) in [6, 6.07) is 3.24. The summed E-state index contributed by atoms with van der Waals surface area (Å²) in [7, 11) is 0. The minimum atomic E-state index is -0.506.